The first kappa shape index (κ1) is 20.9. The van der Waals surface area contributed by atoms with Gasteiger partial charge in [-0.05, 0) is 42.6 Å². The number of hydrogen-bond donors (Lipinski definition) is 2. The minimum absolute atomic E-state index is 0.0857. The number of carbonyl (C=O) groups excluding carboxylic acids is 1. The van der Waals surface area contributed by atoms with Gasteiger partial charge in [0.1, 0.15) is 17.0 Å². The second-order valence-electron chi connectivity index (χ2n) is 7.76. The van der Waals surface area contributed by atoms with Gasteiger partial charge in [-0.1, -0.05) is 29.8 Å². The number of amides is 1. The number of carbonyl (C=O) groups is 1. The van der Waals surface area contributed by atoms with Gasteiger partial charge < -0.3 is 14.7 Å². The zero-order valence-electron chi connectivity index (χ0n) is 17.9. The first-order valence-corrected chi connectivity index (χ1v) is 11.5. The summed E-state index contributed by atoms with van der Waals surface area (Å²) in [6, 6.07) is 18.1. The lowest BCUT2D eigenvalue weighted by atomic mass is 10.1. The molecule has 5 rings (SSSR count). The van der Waals surface area contributed by atoms with Crippen LogP contribution in [0.3, 0.4) is 0 Å². The molecule has 0 aliphatic heterocycles. The average Bonchev–Trinajstić information content (AvgIpc) is 3.51. The molecule has 0 aliphatic rings. The van der Waals surface area contributed by atoms with E-state index in [0.29, 0.717) is 35.3 Å². The summed E-state index contributed by atoms with van der Waals surface area (Å²) in [6.45, 7) is 2.42. The van der Waals surface area contributed by atoms with Crippen LogP contribution >= 0.6 is 11.3 Å². The number of hydrogen-bond acceptors (Lipinski definition) is 5. The van der Waals surface area contributed by atoms with Gasteiger partial charge in [0.05, 0.1) is 16.6 Å². The molecule has 2 N–H and O–H groups in total. The fraction of sp³-hybridized carbons (Fsp3) is 0.115. The van der Waals surface area contributed by atoms with Gasteiger partial charge in [-0.25, -0.2) is 4.98 Å². The third kappa shape index (κ3) is 4.36. The Morgan fingerprint density at radius 1 is 1.12 bits per heavy atom. The molecule has 33 heavy (non-hydrogen) atoms. The van der Waals surface area contributed by atoms with Crippen molar-refractivity contribution >= 4 is 28.2 Å². The summed E-state index contributed by atoms with van der Waals surface area (Å²) in [7, 11) is 0. The van der Waals surface area contributed by atoms with Crippen molar-refractivity contribution in [2.24, 2.45) is 0 Å². The van der Waals surface area contributed by atoms with Crippen LogP contribution < -0.4 is 10.7 Å². The van der Waals surface area contributed by atoms with Gasteiger partial charge in [-0.2, -0.15) is 0 Å². The Morgan fingerprint density at radius 3 is 2.76 bits per heavy atom. The maximum atomic E-state index is 12.6. The third-order valence-electron chi connectivity index (χ3n) is 5.45. The van der Waals surface area contributed by atoms with E-state index in [0.717, 1.165) is 27.4 Å². The molecule has 0 bridgehead atoms. The van der Waals surface area contributed by atoms with E-state index in [1.807, 2.05) is 36.6 Å². The number of rotatable bonds is 6. The largest absolute Gasteiger partial charge is 0.456 e. The molecule has 0 saturated heterocycles. The summed E-state index contributed by atoms with van der Waals surface area (Å²) in [5.74, 6) is 0.317. The molecule has 1 amide bonds. The van der Waals surface area contributed by atoms with Crippen LogP contribution in [0.4, 0.5) is 0 Å². The topological polar surface area (TPSA) is 88.0 Å². The highest BCUT2D eigenvalue weighted by Gasteiger charge is 2.12. The molecule has 0 radical (unpaired) electrons. The summed E-state index contributed by atoms with van der Waals surface area (Å²) in [5.41, 5.74) is 4.67. The Labute approximate surface area is 193 Å². The fourth-order valence-corrected chi connectivity index (χ4v) is 4.49. The first-order valence-electron chi connectivity index (χ1n) is 10.6. The summed E-state index contributed by atoms with van der Waals surface area (Å²) in [5, 5.41) is 5.53. The van der Waals surface area contributed by atoms with Crippen molar-refractivity contribution < 1.29 is 9.21 Å². The smallest absolute Gasteiger partial charge is 0.251 e. The molecule has 0 unspecified atom stereocenters. The fourth-order valence-electron chi connectivity index (χ4n) is 3.74. The number of imidazole rings is 1. The molecule has 0 aliphatic carbocycles. The predicted molar refractivity (Wildman–Crippen MR) is 131 cm³/mol. The van der Waals surface area contributed by atoms with E-state index >= 15 is 0 Å². The van der Waals surface area contributed by atoms with E-state index in [9.17, 15) is 9.59 Å². The maximum Gasteiger partial charge on any atom is 0.251 e. The highest BCUT2D eigenvalue weighted by Crippen LogP contribution is 2.26. The van der Waals surface area contributed by atoms with Crippen molar-refractivity contribution in [3.05, 3.63) is 99.4 Å². The summed E-state index contributed by atoms with van der Waals surface area (Å²) in [6.07, 6.45) is 2.33. The number of aryl methyl sites for hydroxylation is 1. The molecule has 7 heteroatoms. The summed E-state index contributed by atoms with van der Waals surface area (Å²) < 4.78 is 5.92. The normalized spacial score (nSPS) is 11.1. The van der Waals surface area contributed by atoms with Crippen LogP contribution in [0.5, 0.6) is 0 Å². The van der Waals surface area contributed by atoms with Gasteiger partial charge >= 0.3 is 0 Å². The lowest BCUT2D eigenvalue weighted by Gasteiger charge is -2.07. The molecule has 164 valence electrons. The zero-order valence-corrected chi connectivity index (χ0v) is 18.7. The second kappa shape index (κ2) is 8.88. The van der Waals surface area contributed by atoms with Crippen LogP contribution in [-0.2, 0) is 6.42 Å². The zero-order chi connectivity index (χ0) is 22.8. The van der Waals surface area contributed by atoms with Crippen LogP contribution in [0.1, 0.15) is 21.6 Å². The van der Waals surface area contributed by atoms with Gasteiger partial charge in [0.15, 0.2) is 5.43 Å². The van der Waals surface area contributed by atoms with Crippen molar-refractivity contribution in [2.45, 2.75) is 13.3 Å². The molecule has 5 aromatic rings. The number of aromatic amines is 1. The number of aromatic nitrogens is 2. The van der Waals surface area contributed by atoms with Crippen molar-refractivity contribution in [2.75, 3.05) is 6.54 Å². The molecule has 6 nitrogen and oxygen atoms in total. The van der Waals surface area contributed by atoms with Crippen molar-refractivity contribution in [1.29, 1.82) is 0 Å². The average molecular weight is 456 g/mol. The van der Waals surface area contributed by atoms with Crippen LogP contribution in [0.15, 0.2) is 81.6 Å². The standard InChI is InChI=1S/C26H21N3O3S/c1-16-4-9-22-19(13-16)21(30)14-23(32-22)17-5-7-18(8-6-17)26(31)27-11-10-20-25(29-15-28-20)24-3-2-12-33-24/h2-9,12-15H,10-11H2,1H3,(H,27,31)(H,28,29). The molecule has 2 aromatic carbocycles. The lowest BCUT2D eigenvalue weighted by molar-refractivity contribution is 0.0954. The molecule has 0 saturated carbocycles. The minimum Gasteiger partial charge on any atom is -0.456 e. The Kier molecular flexibility index (Phi) is 5.62. The lowest BCUT2D eigenvalue weighted by Crippen LogP contribution is -2.25. The first-order chi connectivity index (χ1) is 16.1. The number of nitrogens with one attached hydrogen (secondary N) is 2. The highest BCUT2D eigenvalue weighted by molar-refractivity contribution is 7.13. The Balaban J connectivity index is 1.26. The number of fused-ring (bicyclic) bond motifs is 1. The van der Waals surface area contributed by atoms with E-state index in [2.05, 4.69) is 15.3 Å². The molecular formula is C26H21N3O3S. The van der Waals surface area contributed by atoms with Gasteiger partial charge in [-0.3, -0.25) is 9.59 Å². The predicted octanol–water partition coefficient (Wildman–Crippen LogP) is 5.19. The Morgan fingerprint density at radius 2 is 1.97 bits per heavy atom. The van der Waals surface area contributed by atoms with Gasteiger partial charge in [0.25, 0.3) is 5.91 Å². The summed E-state index contributed by atoms with van der Waals surface area (Å²) in [4.78, 5) is 33.7. The number of nitrogens with zero attached hydrogens (tertiary/aromatic N) is 1. The van der Waals surface area contributed by atoms with Crippen molar-refractivity contribution in [1.82, 2.24) is 15.3 Å². The summed E-state index contributed by atoms with van der Waals surface area (Å²) >= 11 is 1.64. The van der Waals surface area contributed by atoms with E-state index in [1.54, 1.807) is 48.0 Å². The maximum absolute atomic E-state index is 12.6. The molecule has 0 spiro atoms. The molecule has 0 atom stereocenters. The third-order valence-corrected chi connectivity index (χ3v) is 6.32. The minimum atomic E-state index is -0.158. The van der Waals surface area contributed by atoms with E-state index in [4.69, 9.17) is 4.42 Å². The van der Waals surface area contributed by atoms with Gasteiger partial charge in [0, 0.05) is 35.9 Å². The number of benzene rings is 2. The molecular weight excluding hydrogens is 434 g/mol. The van der Waals surface area contributed by atoms with Gasteiger partial charge in [-0.15, -0.1) is 11.3 Å². The van der Waals surface area contributed by atoms with E-state index in [1.165, 1.54) is 6.07 Å². The van der Waals surface area contributed by atoms with Crippen LogP contribution in [0.25, 0.3) is 32.9 Å². The molecule has 3 heterocycles. The molecule has 0 fully saturated rings. The van der Waals surface area contributed by atoms with E-state index in [-0.39, 0.29) is 11.3 Å². The molecule has 3 aromatic heterocycles. The quantitative estimate of drug-likeness (QED) is 0.369. The Bertz CT molecular complexity index is 1480. The SMILES string of the molecule is Cc1ccc2oc(-c3ccc(C(=O)NCCc4[nH]cnc4-c4cccs4)cc3)cc(=O)c2c1. The van der Waals surface area contributed by atoms with Crippen molar-refractivity contribution in [3.63, 3.8) is 0 Å². The van der Waals surface area contributed by atoms with Crippen LogP contribution in [0, 0.1) is 6.92 Å². The number of thiophene rings is 1. The van der Waals surface area contributed by atoms with Crippen molar-refractivity contribution in [3.8, 4) is 21.9 Å². The van der Waals surface area contributed by atoms with E-state index < -0.39 is 0 Å². The Hall–Kier alpha value is -3.97. The van der Waals surface area contributed by atoms with Gasteiger partial charge in [0.2, 0.25) is 0 Å². The van der Waals surface area contributed by atoms with Crippen LogP contribution in [0.2, 0.25) is 0 Å². The highest BCUT2D eigenvalue weighted by atomic mass is 32.1. The monoisotopic (exact) mass is 455 g/mol. The van der Waals surface area contributed by atoms with Crippen LogP contribution in [-0.4, -0.2) is 22.4 Å². The second-order valence-corrected chi connectivity index (χ2v) is 8.71. The number of H-pyrrole nitrogens is 1.